The third-order valence-electron chi connectivity index (χ3n) is 3.72. The van der Waals surface area contributed by atoms with Crippen LogP contribution < -0.4 is 10.0 Å². The van der Waals surface area contributed by atoms with Crippen molar-refractivity contribution in [1.82, 2.24) is 5.16 Å². The third kappa shape index (κ3) is 3.75. The van der Waals surface area contributed by atoms with Crippen molar-refractivity contribution in [3.05, 3.63) is 65.3 Å². The maximum atomic E-state index is 14.3. The van der Waals surface area contributed by atoms with E-state index in [9.17, 15) is 21.6 Å². The minimum Gasteiger partial charge on any atom is -0.360 e. The van der Waals surface area contributed by atoms with Gasteiger partial charge in [-0.2, -0.15) is 0 Å². The molecule has 1 aromatic heterocycles. The fourth-order valence-electron chi connectivity index (χ4n) is 2.36. The van der Waals surface area contributed by atoms with Crippen molar-refractivity contribution in [2.45, 2.75) is 18.7 Å². The summed E-state index contributed by atoms with van der Waals surface area (Å²) < 4.78 is 73.9. The van der Waals surface area contributed by atoms with E-state index in [1.165, 1.54) is 19.1 Å². The number of nitrogens with zero attached hydrogens (tertiary/aromatic N) is 1. The lowest BCUT2D eigenvalue weighted by Gasteiger charge is -2.15. The summed E-state index contributed by atoms with van der Waals surface area (Å²) in [6, 6.07) is 5.87. The van der Waals surface area contributed by atoms with Crippen LogP contribution in [-0.4, -0.2) is 13.6 Å². The van der Waals surface area contributed by atoms with Gasteiger partial charge < -0.3 is 9.84 Å². The first-order valence-electron chi connectivity index (χ1n) is 7.64. The summed E-state index contributed by atoms with van der Waals surface area (Å²) >= 11 is 0. The summed E-state index contributed by atoms with van der Waals surface area (Å²) in [5, 5.41) is 5.78. The van der Waals surface area contributed by atoms with Crippen molar-refractivity contribution in [1.29, 1.82) is 0 Å². The van der Waals surface area contributed by atoms with E-state index in [2.05, 4.69) is 15.2 Å². The van der Waals surface area contributed by atoms with Crippen molar-refractivity contribution in [3.63, 3.8) is 0 Å². The highest BCUT2D eigenvalue weighted by Crippen LogP contribution is 2.33. The van der Waals surface area contributed by atoms with Crippen LogP contribution in [0.3, 0.4) is 0 Å². The molecule has 0 unspecified atom stereocenters. The second kappa shape index (κ2) is 6.95. The van der Waals surface area contributed by atoms with Gasteiger partial charge in [-0.3, -0.25) is 4.72 Å². The van der Waals surface area contributed by atoms with Gasteiger partial charge in [-0.25, -0.2) is 21.6 Å². The molecular formula is C17H14F3N3O3S. The molecule has 3 aromatic rings. The van der Waals surface area contributed by atoms with Crippen LogP contribution in [0.4, 0.5) is 30.2 Å². The maximum absolute atomic E-state index is 14.3. The van der Waals surface area contributed by atoms with Crippen LogP contribution in [0, 0.1) is 31.3 Å². The number of anilines is 3. The Morgan fingerprint density at radius 3 is 2.33 bits per heavy atom. The molecule has 0 aliphatic rings. The molecule has 1 heterocycles. The fraction of sp³-hybridized carbons (Fsp3) is 0.118. The first-order chi connectivity index (χ1) is 12.7. The Balaban J connectivity index is 2.04. The molecule has 6 nitrogen and oxygen atoms in total. The molecule has 0 spiro atoms. The number of hydrogen-bond donors (Lipinski definition) is 2. The lowest BCUT2D eigenvalue weighted by Crippen LogP contribution is -2.15. The summed E-state index contributed by atoms with van der Waals surface area (Å²) in [7, 11) is -4.19. The molecule has 0 amide bonds. The Morgan fingerprint density at radius 1 is 1.00 bits per heavy atom. The zero-order chi connectivity index (χ0) is 19.8. The van der Waals surface area contributed by atoms with Gasteiger partial charge in [-0.05, 0) is 43.7 Å². The monoisotopic (exact) mass is 397 g/mol. The second-order valence-electron chi connectivity index (χ2n) is 5.74. The Kier molecular flexibility index (Phi) is 4.83. The number of benzene rings is 2. The Morgan fingerprint density at radius 2 is 1.70 bits per heavy atom. The zero-order valence-corrected chi connectivity index (χ0v) is 15.0. The standard InChI is InChI=1S/C17H14F3N3O3S/c1-9-3-5-13(12(19)7-9)22-17-14(6-4-11(18)16(17)20)23-27(24,25)15-8-21-26-10(15)2/h3-8,22-23H,1-2H3. The minimum atomic E-state index is -4.19. The van der Waals surface area contributed by atoms with E-state index in [1.54, 1.807) is 13.0 Å². The molecular weight excluding hydrogens is 383 g/mol. The summed E-state index contributed by atoms with van der Waals surface area (Å²) in [4.78, 5) is -0.264. The normalized spacial score (nSPS) is 11.4. The molecule has 2 N–H and O–H groups in total. The Labute approximate surface area is 153 Å². The molecule has 2 aromatic carbocycles. The zero-order valence-electron chi connectivity index (χ0n) is 14.2. The van der Waals surface area contributed by atoms with Crippen molar-refractivity contribution in [2.75, 3.05) is 10.0 Å². The summed E-state index contributed by atoms with van der Waals surface area (Å²) in [5.74, 6) is -3.28. The van der Waals surface area contributed by atoms with Gasteiger partial charge in [0.2, 0.25) is 0 Å². The number of sulfonamides is 1. The van der Waals surface area contributed by atoms with Gasteiger partial charge in [0.1, 0.15) is 16.4 Å². The molecule has 10 heteroatoms. The van der Waals surface area contributed by atoms with Crippen LogP contribution in [0.1, 0.15) is 11.3 Å². The van der Waals surface area contributed by atoms with Gasteiger partial charge in [0.25, 0.3) is 10.0 Å². The van der Waals surface area contributed by atoms with E-state index in [0.717, 1.165) is 18.3 Å². The first kappa shape index (κ1) is 18.8. The van der Waals surface area contributed by atoms with Crippen LogP contribution in [-0.2, 0) is 10.0 Å². The topological polar surface area (TPSA) is 84.2 Å². The largest absolute Gasteiger partial charge is 0.360 e. The smallest absolute Gasteiger partial charge is 0.267 e. The molecule has 0 fully saturated rings. The van der Waals surface area contributed by atoms with Crippen LogP contribution in [0.25, 0.3) is 0 Å². The highest BCUT2D eigenvalue weighted by Gasteiger charge is 2.24. The average Bonchev–Trinajstić information content (AvgIpc) is 3.03. The second-order valence-corrected chi connectivity index (χ2v) is 7.39. The van der Waals surface area contributed by atoms with Crippen LogP contribution in [0.2, 0.25) is 0 Å². The molecule has 0 bridgehead atoms. The highest BCUT2D eigenvalue weighted by atomic mass is 32.2. The number of rotatable bonds is 5. The van der Waals surface area contributed by atoms with Crippen molar-refractivity contribution < 1.29 is 26.1 Å². The van der Waals surface area contributed by atoms with Crippen molar-refractivity contribution in [3.8, 4) is 0 Å². The number of hydrogen-bond acceptors (Lipinski definition) is 5. The minimum absolute atomic E-state index is 0.0178. The third-order valence-corrected chi connectivity index (χ3v) is 5.18. The summed E-state index contributed by atoms with van der Waals surface area (Å²) in [6.45, 7) is 3.05. The van der Waals surface area contributed by atoms with E-state index >= 15 is 0 Å². The Bertz CT molecular complexity index is 1110. The van der Waals surface area contributed by atoms with E-state index in [-0.39, 0.29) is 22.0 Å². The predicted molar refractivity (Wildman–Crippen MR) is 92.8 cm³/mol. The van der Waals surface area contributed by atoms with Crippen molar-refractivity contribution in [2.24, 2.45) is 0 Å². The lowest BCUT2D eigenvalue weighted by atomic mass is 10.2. The van der Waals surface area contributed by atoms with Gasteiger partial charge in [0.15, 0.2) is 17.4 Å². The van der Waals surface area contributed by atoms with E-state index in [1.807, 2.05) is 0 Å². The van der Waals surface area contributed by atoms with Gasteiger partial charge in [0.05, 0.1) is 17.6 Å². The summed E-state index contributed by atoms with van der Waals surface area (Å²) in [5.41, 5.74) is -0.391. The number of halogens is 3. The number of aryl methyl sites for hydroxylation is 2. The Hall–Kier alpha value is -3.01. The van der Waals surface area contributed by atoms with Gasteiger partial charge in [-0.1, -0.05) is 11.2 Å². The van der Waals surface area contributed by atoms with Gasteiger partial charge in [0, 0.05) is 0 Å². The molecule has 0 aliphatic heterocycles. The lowest BCUT2D eigenvalue weighted by molar-refractivity contribution is 0.394. The number of nitrogens with one attached hydrogen (secondary N) is 2. The maximum Gasteiger partial charge on any atom is 0.267 e. The average molecular weight is 397 g/mol. The van der Waals surface area contributed by atoms with Crippen LogP contribution in [0.5, 0.6) is 0 Å². The van der Waals surface area contributed by atoms with Crippen LogP contribution >= 0.6 is 0 Å². The molecule has 0 saturated carbocycles. The molecule has 0 radical (unpaired) electrons. The SMILES string of the molecule is Cc1ccc(Nc2c(NS(=O)(=O)c3cnoc3C)ccc(F)c2F)c(F)c1. The first-order valence-corrected chi connectivity index (χ1v) is 9.12. The van der Waals surface area contributed by atoms with Crippen LogP contribution in [0.15, 0.2) is 45.9 Å². The fourth-order valence-corrected chi connectivity index (χ4v) is 3.53. The van der Waals surface area contributed by atoms with E-state index in [4.69, 9.17) is 4.52 Å². The summed E-state index contributed by atoms with van der Waals surface area (Å²) in [6.07, 6.45) is 0.976. The molecule has 3 rings (SSSR count). The molecule has 0 aliphatic carbocycles. The van der Waals surface area contributed by atoms with Crippen molar-refractivity contribution >= 4 is 27.1 Å². The molecule has 0 saturated heterocycles. The molecule has 142 valence electrons. The van der Waals surface area contributed by atoms with E-state index in [0.29, 0.717) is 5.56 Å². The quantitative estimate of drug-likeness (QED) is 0.672. The van der Waals surface area contributed by atoms with E-state index < -0.39 is 33.2 Å². The van der Waals surface area contributed by atoms with Gasteiger partial charge in [-0.15, -0.1) is 0 Å². The number of aromatic nitrogens is 1. The van der Waals surface area contributed by atoms with Gasteiger partial charge >= 0.3 is 0 Å². The highest BCUT2D eigenvalue weighted by molar-refractivity contribution is 7.92. The predicted octanol–water partition coefficient (Wildman–Crippen LogP) is 4.25. The molecule has 27 heavy (non-hydrogen) atoms. The molecule has 0 atom stereocenters.